The van der Waals surface area contributed by atoms with Crippen LogP contribution in [-0.2, 0) is 14.3 Å². The molecule has 0 aromatic carbocycles. The molecule has 2 atom stereocenters. The Bertz CT molecular complexity index is 182. The van der Waals surface area contributed by atoms with Crippen molar-refractivity contribution < 1.29 is 22.8 Å². The van der Waals surface area contributed by atoms with Crippen LogP contribution in [-0.4, -0.2) is 37.3 Å². The molecular weight excluding hydrogens is 160 g/mol. The first-order valence-corrected chi connectivity index (χ1v) is 4.39. The van der Waals surface area contributed by atoms with Gasteiger partial charge in [0.05, 0.1) is 6.26 Å². The molecular formula is C4H10O5S. The van der Waals surface area contributed by atoms with E-state index in [9.17, 15) is 8.42 Å². The van der Waals surface area contributed by atoms with E-state index in [1.807, 2.05) is 0 Å². The van der Waals surface area contributed by atoms with Crippen molar-refractivity contribution in [2.45, 2.75) is 19.3 Å². The minimum absolute atomic E-state index is 0.790. The Morgan fingerprint density at radius 2 is 1.80 bits per heavy atom. The Morgan fingerprint density at radius 3 is 1.90 bits per heavy atom. The third-order valence-corrected chi connectivity index (χ3v) is 1.23. The van der Waals surface area contributed by atoms with E-state index in [1.54, 1.807) is 0 Å². The van der Waals surface area contributed by atoms with Gasteiger partial charge in [-0.05, 0) is 6.92 Å². The molecule has 2 N–H and O–H groups in total. The molecule has 0 aliphatic rings. The smallest absolute Gasteiger partial charge is 0.266 e. The van der Waals surface area contributed by atoms with Crippen molar-refractivity contribution in [3.63, 3.8) is 0 Å². The minimum Gasteiger partial charge on any atom is -0.388 e. The van der Waals surface area contributed by atoms with Gasteiger partial charge in [0.1, 0.15) is 6.10 Å². The normalized spacial score (nSPS) is 18.4. The minimum atomic E-state index is -3.68. The van der Waals surface area contributed by atoms with Crippen molar-refractivity contribution in [3.8, 4) is 0 Å². The molecule has 0 saturated heterocycles. The van der Waals surface area contributed by atoms with E-state index in [-0.39, 0.29) is 0 Å². The molecule has 0 aromatic heterocycles. The molecule has 5 nitrogen and oxygen atoms in total. The summed E-state index contributed by atoms with van der Waals surface area (Å²) < 4.78 is 24.5. The van der Waals surface area contributed by atoms with E-state index in [1.165, 1.54) is 6.92 Å². The maximum atomic E-state index is 10.3. The van der Waals surface area contributed by atoms with Gasteiger partial charge in [-0.15, -0.1) is 0 Å². The van der Waals surface area contributed by atoms with Crippen molar-refractivity contribution >= 4 is 10.1 Å². The van der Waals surface area contributed by atoms with Gasteiger partial charge in [-0.25, -0.2) is 4.18 Å². The predicted molar refractivity (Wildman–Crippen MR) is 33.6 cm³/mol. The fourth-order valence-corrected chi connectivity index (χ4v) is 0.778. The van der Waals surface area contributed by atoms with Gasteiger partial charge in [0.2, 0.25) is 0 Å². The Kier molecular flexibility index (Phi) is 3.23. The zero-order valence-electron chi connectivity index (χ0n) is 5.68. The van der Waals surface area contributed by atoms with E-state index in [4.69, 9.17) is 10.2 Å². The molecule has 2 unspecified atom stereocenters. The van der Waals surface area contributed by atoms with Crippen molar-refractivity contribution in [1.82, 2.24) is 0 Å². The highest BCUT2D eigenvalue weighted by molar-refractivity contribution is 7.86. The fourth-order valence-electron chi connectivity index (χ4n) is 0.259. The molecule has 0 fully saturated rings. The fraction of sp³-hybridized carbons (Fsp3) is 1.00. The summed E-state index contributed by atoms with van der Waals surface area (Å²) >= 11 is 0. The quantitative estimate of drug-likeness (QED) is 0.404. The van der Waals surface area contributed by atoms with Crippen LogP contribution in [0.4, 0.5) is 0 Å². The Labute approximate surface area is 59.4 Å². The van der Waals surface area contributed by atoms with Crippen LogP contribution in [0, 0.1) is 0 Å². The number of rotatable bonds is 3. The van der Waals surface area contributed by atoms with Gasteiger partial charge in [0, 0.05) is 0 Å². The van der Waals surface area contributed by atoms with E-state index >= 15 is 0 Å². The van der Waals surface area contributed by atoms with Gasteiger partial charge < -0.3 is 10.2 Å². The highest BCUT2D eigenvalue weighted by atomic mass is 32.2. The van der Waals surface area contributed by atoms with Gasteiger partial charge in [-0.1, -0.05) is 0 Å². The standard InChI is InChI=1S/C4H10O5S/c1-3(5)4(6)9-10(2,7)8/h3-6H,1-2H3. The zero-order valence-corrected chi connectivity index (χ0v) is 6.50. The second-order valence-corrected chi connectivity index (χ2v) is 3.53. The van der Waals surface area contributed by atoms with E-state index in [0.717, 1.165) is 6.26 Å². The topological polar surface area (TPSA) is 83.8 Å². The lowest BCUT2D eigenvalue weighted by Crippen LogP contribution is -2.28. The van der Waals surface area contributed by atoms with E-state index in [2.05, 4.69) is 4.18 Å². The molecule has 0 aromatic rings. The van der Waals surface area contributed by atoms with Crippen LogP contribution >= 0.6 is 0 Å². The largest absolute Gasteiger partial charge is 0.388 e. The molecule has 0 aliphatic heterocycles. The van der Waals surface area contributed by atoms with Crippen LogP contribution in [0.3, 0.4) is 0 Å². The third-order valence-electron chi connectivity index (χ3n) is 0.686. The van der Waals surface area contributed by atoms with Crippen molar-refractivity contribution in [3.05, 3.63) is 0 Å². The summed E-state index contributed by atoms with van der Waals surface area (Å²) in [5.74, 6) is 0. The summed E-state index contributed by atoms with van der Waals surface area (Å²) in [5, 5.41) is 17.2. The summed E-state index contributed by atoms with van der Waals surface area (Å²) in [6, 6.07) is 0. The predicted octanol–water partition coefficient (Wildman–Crippen LogP) is -1.34. The van der Waals surface area contributed by atoms with Gasteiger partial charge in [0.15, 0.2) is 6.29 Å². The SMILES string of the molecule is CC(O)C(O)OS(C)(=O)=O. The molecule has 0 rings (SSSR count). The van der Waals surface area contributed by atoms with Crippen LogP contribution in [0.25, 0.3) is 0 Å². The first-order chi connectivity index (χ1) is 4.33. The van der Waals surface area contributed by atoms with Crippen LogP contribution in [0.5, 0.6) is 0 Å². The molecule has 62 valence electrons. The molecule has 0 bridgehead atoms. The summed E-state index contributed by atoms with van der Waals surface area (Å²) in [6.45, 7) is 1.22. The second kappa shape index (κ2) is 3.29. The second-order valence-electron chi connectivity index (χ2n) is 1.93. The molecule has 10 heavy (non-hydrogen) atoms. The zero-order chi connectivity index (χ0) is 8.36. The monoisotopic (exact) mass is 170 g/mol. The summed E-state index contributed by atoms with van der Waals surface area (Å²) in [5.41, 5.74) is 0. The first-order valence-electron chi connectivity index (χ1n) is 2.57. The maximum Gasteiger partial charge on any atom is 0.266 e. The van der Waals surface area contributed by atoms with E-state index < -0.39 is 22.5 Å². The number of aliphatic hydroxyl groups is 2. The van der Waals surface area contributed by atoms with Crippen molar-refractivity contribution in [2.75, 3.05) is 6.26 Å². The molecule has 0 amide bonds. The molecule has 0 aliphatic carbocycles. The highest BCUT2D eigenvalue weighted by Gasteiger charge is 2.16. The lowest BCUT2D eigenvalue weighted by Gasteiger charge is -2.11. The summed E-state index contributed by atoms with van der Waals surface area (Å²) in [4.78, 5) is 0. The Hall–Kier alpha value is -0.170. The lowest BCUT2D eigenvalue weighted by molar-refractivity contribution is -0.0918. The Balaban J connectivity index is 3.93. The summed E-state index contributed by atoms with van der Waals surface area (Å²) in [6.07, 6.45) is -2.09. The lowest BCUT2D eigenvalue weighted by atomic mass is 10.4. The maximum absolute atomic E-state index is 10.3. The number of hydrogen-bond acceptors (Lipinski definition) is 5. The average molecular weight is 170 g/mol. The van der Waals surface area contributed by atoms with Crippen molar-refractivity contribution in [1.29, 1.82) is 0 Å². The average Bonchev–Trinajstić information content (AvgIpc) is 1.60. The van der Waals surface area contributed by atoms with Gasteiger partial charge in [-0.2, -0.15) is 8.42 Å². The van der Waals surface area contributed by atoms with Crippen LogP contribution in [0.15, 0.2) is 0 Å². The van der Waals surface area contributed by atoms with E-state index in [0.29, 0.717) is 0 Å². The Morgan fingerprint density at radius 1 is 1.40 bits per heavy atom. The molecule has 6 heteroatoms. The number of hydrogen-bond donors (Lipinski definition) is 2. The van der Waals surface area contributed by atoms with Crippen LogP contribution < -0.4 is 0 Å². The molecule has 0 heterocycles. The van der Waals surface area contributed by atoms with Gasteiger partial charge >= 0.3 is 0 Å². The van der Waals surface area contributed by atoms with Gasteiger partial charge in [0.25, 0.3) is 10.1 Å². The number of aliphatic hydroxyl groups excluding tert-OH is 2. The van der Waals surface area contributed by atoms with Gasteiger partial charge in [-0.3, -0.25) is 0 Å². The summed E-state index contributed by atoms with van der Waals surface area (Å²) in [7, 11) is -3.68. The van der Waals surface area contributed by atoms with Crippen LogP contribution in [0.2, 0.25) is 0 Å². The highest BCUT2D eigenvalue weighted by Crippen LogP contribution is 1.98. The van der Waals surface area contributed by atoms with Crippen LogP contribution in [0.1, 0.15) is 6.92 Å². The van der Waals surface area contributed by atoms with Crippen molar-refractivity contribution in [2.24, 2.45) is 0 Å². The first kappa shape index (κ1) is 9.83. The molecule has 0 saturated carbocycles. The third kappa shape index (κ3) is 4.68. The molecule has 0 radical (unpaired) electrons. The molecule has 0 spiro atoms.